The first kappa shape index (κ1) is 20.3. The molecule has 0 N–H and O–H groups in total. The van der Waals surface area contributed by atoms with Gasteiger partial charge < -0.3 is 14.4 Å². The molecule has 1 unspecified atom stereocenters. The molecule has 1 saturated heterocycles. The van der Waals surface area contributed by atoms with Gasteiger partial charge in [-0.25, -0.2) is 8.42 Å². The highest BCUT2D eigenvalue weighted by atomic mass is 32.2. The summed E-state index contributed by atoms with van der Waals surface area (Å²) in [5, 5.41) is 8.17. The molecule has 1 aromatic carbocycles. The average molecular weight is 407 g/mol. The van der Waals surface area contributed by atoms with Crippen LogP contribution in [0.4, 0.5) is 5.82 Å². The van der Waals surface area contributed by atoms with Gasteiger partial charge in [0.1, 0.15) is 11.9 Å². The van der Waals surface area contributed by atoms with Crippen molar-refractivity contribution in [2.75, 3.05) is 39.2 Å². The number of piperidine rings is 1. The van der Waals surface area contributed by atoms with E-state index in [4.69, 9.17) is 9.47 Å². The van der Waals surface area contributed by atoms with Crippen LogP contribution in [0.1, 0.15) is 18.4 Å². The lowest BCUT2D eigenvalue weighted by molar-refractivity contribution is 0.123. The summed E-state index contributed by atoms with van der Waals surface area (Å²) >= 11 is 0. The largest absolute Gasteiger partial charge is 0.496 e. The quantitative estimate of drug-likeness (QED) is 0.726. The third-order valence-corrected chi connectivity index (χ3v) is 6.58. The van der Waals surface area contributed by atoms with Gasteiger partial charge in [-0.3, -0.25) is 0 Å². The van der Waals surface area contributed by atoms with Crippen molar-refractivity contribution in [1.82, 2.24) is 14.5 Å². The topological polar surface area (TPSA) is 84.9 Å². The van der Waals surface area contributed by atoms with Crippen LogP contribution in [0.15, 0.2) is 35.2 Å². The number of anilines is 1. The summed E-state index contributed by atoms with van der Waals surface area (Å²) in [6.07, 6.45) is 1.23. The Morgan fingerprint density at radius 2 is 1.96 bits per heavy atom. The highest BCUT2D eigenvalue weighted by molar-refractivity contribution is 7.89. The molecule has 0 spiro atoms. The Morgan fingerprint density at radius 3 is 2.57 bits per heavy atom. The molecular formula is C19H26N4O4S. The SMILES string of the molecule is COc1ccc(S(=O)(=O)N2CCCC(Oc3ccc(N(C)C)nn3)C2)cc1C. The van der Waals surface area contributed by atoms with Crippen LogP contribution in [0.25, 0.3) is 0 Å². The summed E-state index contributed by atoms with van der Waals surface area (Å²) in [4.78, 5) is 2.12. The fourth-order valence-electron chi connectivity index (χ4n) is 3.17. The van der Waals surface area contributed by atoms with Crippen molar-refractivity contribution in [3.63, 3.8) is 0 Å². The lowest BCUT2D eigenvalue weighted by atomic mass is 10.1. The van der Waals surface area contributed by atoms with Crippen LogP contribution in [0.3, 0.4) is 0 Å². The Kier molecular flexibility index (Phi) is 6.04. The molecule has 1 fully saturated rings. The van der Waals surface area contributed by atoms with Gasteiger partial charge in [-0.1, -0.05) is 0 Å². The summed E-state index contributed by atoms with van der Waals surface area (Å²) in [5.74, 6) is 1.80. The first-order valence-corrected chi connectivity index (χ1v) is 10.6. The molecule has 0 bridgehead atoms. The molecule has 3 rings (SSSR count). The zero-order valence-corrected chi connectivity index (χ0v) is 17.4. The first-order valence-electron chi connectivity index (χ1n) is 9.14. The van der Waals surface area contributed by atoms with E-state index < -0.39 is 10.0 Å². The van der Waals surface area contributed by atoms with E-state index in [9.17, 15) is 8.42 Å². The maximum atomic E-state index is 13.1. The molecule has 28 heavy (non-hydrogen) atoms. The molecule has 1 aliphatic heterocycles. The van der Waals surface area contributed by atoms with Crippen molar-refractivity contribution in [2.45, 2.75) is 30.8 Å². The van der Waals surface area contributed by atoms with Crippen molar-refractivity contribution in [1.29, 1.82) is 0 Å². The van der Waals surface area contributed by atoms with Crippen LogP contribution in [0.5, 0.6) is 11.6 Å². The molecule has 1 atom stereocenters. The third-order valence-electron chi connectivity index (χ3n) is 4.72. The van der Waals surface area contributed by atoms with Crippen LogP contribution in [0.2, 0.25) is 0 Å². The number of rotatable bonds is 6. The van der Waals surface area contributed by atoms with Gasteiger partial charge >= 0.3 is 0 Å². The normalized spacial score (nSPS) is 17.9. The molecular weight excluding hydrogens is 380 g/mol. The van der Waals surface area contributed by atoms with Crippen molar-refractivity contribution in [3.05, 3.63) is 35.9 Å². The van der Waals surface area contributed by atoms with Crippen molar-refractivity contribution >= 4 is 15.8 Å². The van der Waals surface area contributed by atoms with Gasteiger partial charge in [0.05, 0.1) is 18.6 Å². The van der Waals surface area contributed by atoms with Gasteiger partial charge in [0.15, 0.2) is 5.82 Å². The van der Waals surface area contributed by atoms with E-state index in [0.29, 0.717) is 18.2 Å². The number of nitrogens with zero attached hydrogens (tertiary/aromatic N) is 4. The Labute approximate surface area is 166 Å². The van der Waals surface area contributed by atoms with E-state index in [1.54, 1.807) is 31.4 Å². The number of methoxy groups -OCH3 is 1. The molecule has 0 aliphatic carbocycles. The second-order valence-electron chi connectivity index (χ2n) is 7.00. The predicted molar refractivity (Wildman–Crippen MR) is 106 cm³/mol. The number of aromatic nitrogens is 2. The second kappa shape index (κ2) is 8.32. The zero-order valence-electron chi connectivity index (χ0n) is 16.6. The average Bonchev–Trinajstić information content (AvgIpc) is 2.68. The minimum absolute atomic E-state index is 0.262. The zero-order chi connectivity index (χ0) is 20.3. The maximum absolute atomic E-state index is 13.1. The van der Waals surface area contributed by atoms with Crippen LogP contribution < -0.4 is 14.4 Å². The maximum Gasteiger partial charge on any atom is 0.243 e. The van der Waals surface area contributed by atoms with Gasteiger partial charge in [0.2, 0.25) is 15.9 Å². The van der Waals surface area contributed by atoms with Crippen LogP contribution in [0, 0.1) is 6.92 Å². The van der Waals surface area contributed by atoms with E-state index >= 15 is 0 Å². The summed E-state index contributed by atoms with van der Waals surface area (Å²) < 4.78 is 38.7. The van der Waals surface area contributed by atoms with Crippen LogP contribution in [-0.2, 0) is 10.0 Å². The highest BCUT2D eigenvalue weighted by Gasteiger charge is 2.31. The summed E-state index contributed by atoms with van der Waals surface area (Å²) in [6, 6.07) is 8.48. The lowest BCUT2D eigenvalue weighted by Gasteiger charge is -2.31. The number of hydrogen-bond donors (Lipinski definition) is 0. The van der Waals surface area contributed by atoms with E-state index in [1.807, 2.05) is 32.0 Å². The lowest BCUT2D eigenvalue weighted by Crippen LogP contribution is -2.44. The Balaban J connectivity index is 1.72. The number of hydrogen-bond acceptors (Lipinski definition) is 7. The Bertz CT molecular complexity index is 916. The number of ether oxygens (including phenoxy) is 2. The summed E-state index contributed by atoms with van der Waals surface area (Å²) in [6.45, 7) is 2.58. The molecule has 152 valence electrons. The second-order valence-corrected chi connectivity index (χ2v) is 8.94. The Morgan fingerprint density at radius 1 is 1.18 bits per heavy atom. The van der Waals surface area contributed by atoms with Gasteiger partial charge in [-0.2, -0.15) is 4.31 Å². The van der Waals surface area contributed by atoms with Gasteiger partial charge in [-0.05, 0) is 49.6 Å². The molecule has 1 aromatic heterocycles. The highest BCUT2D eigenvalue weighted by Crippen LogP contribution is 2.26. The first-order chi connectivity index (χ1) is 13.3. The molecule has 0 saturated carbocycles. The minimum atomic E-state index is -3.60. The smallest absolute Gasteiger partial charge is 0.243 e. The molecule has 2 aromatic rings. The van der Waals surface area contributed by atoms with E-state index in [0.717, 1.165) is 24.2 Å². The standard InChI is InChI=1S/C19H26N4O4S/c1-14-12-16(7-8-17(14)26-4)28(24,25)23-11-5-6-15(13-23)27-19-10-9-18(20-21-19)22(2)3/h7-10,12,15H,5-6,11,13H2,1-4H3. The fourth-order valence-corrected chi connectivity index (χ4v) is 4.76. The molecule has 8 nitrogen and oxygen atoms in total. The predicted octanol–water partition coefficient (Wildman–Crippen LogP) is 2.09. The summed E-state index contributed by atoms with van der Waals surface area (Å²) in [7, 11) is 1.74. The molecule has 1 aliphatic rings. The number of benzene rings is 1. The summed E-state index contributed by atoms with van der Waals surface area (Å²) in [5.41, 5.74) is 0.782. The van der Waals surface area contributed by atoms with E-state index in [1.165, 1.54) is 4.31 Å². The minimum Gasteiger partial charge on any atom is -0.496 e. The number of sulfonamides is 1. The molecule has 9 heteroatoms. The third kappa shape index (κ3) is 4.36. The van der Waals surface area contributed by atoms with Gasteiger partial charge in [0, 0.05) is 26.7 Å². The Hall–Kier alpha value is -2.39. The van der Waals surface area contributed by atoms with Crippen LogP contribution in [-0.4, -0.2) is 63.3 Å². The van der Waals surface area contributed by atoms with E-state index in [-0.39, 0.29) is 17.5 Å². The van der Waals surface area contributed by atoms with E-state index in [2.05, 4.69) is 10.2 Å². The molecule has 0 radical (unpaired) electrons. The van der Waals surface area contributed by atoms with Crippen molar-refractivity contribution < 1.29 is 17.9 Å². The monoisotopic (exact) mass is 406 g/mol. The molecule has 0 amide bonds. The van der Waals surface area contributed by atoms with Gasteiger partial charge in [0.25, 0.3) is 0 Å². The fraction of sp³-hybridized carbons (Fsp3) is 0.474. The van der Waals surface area contributed by atoms with Crippen molar-refractivity contribution in [2.24, 2.45) is 0 Å². The number of aryl methyl sites for hydroxylation is 1. The molecule has 2 heterocycles. The van der Waals surface area contributed by atoms with Crippen molar-refractivity contribution in [3.8, 4) is 11.6 Å². The van der Waals surface area contributed by atoms with Gasteiger partial charge in [-0.15, -0.1) is 10.2 Å². The van der Waals surface area contributed by atoms with Crippen LogP contribution >= 0.6 is 0 Å².